The molecule has 110 valence electrons. The van der Waals surface area contributed by atoms with Gasteiger partial charge in [0.15, 0.2) is 0 Å². The monoisotopic (exact) mass is 301 g/mol. The van der Waals surface area contributed by atoms with Gasteiger partial charge in [-0.05, 0) is 26.2 Å². The maximum atomic E-state index is 4.62. The van der Waals surface area contributed by atoms with Gasteiger partial charge >= 0.3 is 0 Å². The third-order valence-corrected chi connectivity index (χ3v) is 4.37. The molecule has 1 aromatic heterocycles. The molecule has 0 saturated heterocycles. The van der Waals surface area contributed by atoms with Crippen LogP contribution in [-0.2, 0) is 0 Å². The molecule has 0 atom stereocenters. The van der Waals surface area contributed by atoms with Crippen LogP contribution in [0.25, 0.3) is 11.3 Å². The SMILES string of the molecule is Cc1ccc(-c2csc(NNC3=[NH+]CCCCC3)n2)cc1. The molecular formula is C16H21N4S+. The van der Waals surface area contributed by atoms with E-state index < -0.39 is 0 Å². The minimum atomic E-state index is 0.893. The first-order valence-electron chi connectivity index (χ1n) is 7.45. The summed E-state index contributed by atoms with van der Waals surface area (Å²) in [5, 5.41) is 2.98. The molecule has 1 aliphatic rings. The number of hydrogen-bond acceptors (Lipinski definition) is 4. The van der Waals surface area contributed by atoms with E-state index in [1.807, 2.05) is 0 Å². The molecule has 0 radical (unpaired) electrons. The van der Waals surface area contributed by atoms with Crippen LogP contribution in [0.5, 0.6) is 0 Å². The molecule has 0 saturated carbocycles. The minimum absolute atomic E-state index is 0.893. The second-order valence-electron chi connectivity index (χ2n) is 5.37. The Labute approximate surface area is 129 Å². The minimum Gasteiger partial charge on any atom is -0.277 e. The number of benzene rings is 1. The summed E-state index contributed by atoms with van der Waals surface area (Å²) in [6.45, 7) is 3.15. The normalized spacial score (nSPS) is 15.2. The molecule has 3 N–H and O–H groups in total. The number of aromatic nitrogens is 1. The Kier molecular flexibility index (Phi) is 4.50. The van der Waals surface area contributed by atoms with Crippen molar-refractivity contribution >= 4 is 22.3 Å². The van der Waals surface area contributed by atoms with E-state index in [2.05, 4.69) is 57.4 Å². The Morgan fingerprint density at radius 3 is 2.81 bits per heavy atom. The van der Waals surface area contributed by atoms with Gasteiger partial charge in [-0.3, -0.25) is 4.99 Å². The summed E-state index contributed by atoms with van der Waals surface area (Å²) in [5.74, 6) is 1.17. The van der Waals surface area contributed by atoms with Gasteiger partial charge in [0.05, 0.1) is 18.7 Å². The van der Waals surface area contributed by atoms with E-state index in [1.165, 1.54) is 30.7 Å². The number of rotatable bonds is 3. The fraction of sp³-hybridized carbons (Fsp3) is 0.375. The van der Waals surface area contributed by atoms with Crippen LogP contribution in [0.3, 0.4) is 0 Å². The lowest BCUT2D eigenvalue weighted by atomic mass is 10.1. The summed E-state index contributed by atoms with van der Waals surface area (Å²) >= 11 is 1.62. The van der Waals surface area contributed by atoms with Crippen LogP contribution in [0.1, 0.15) is 31.2 Å². The summed E-state index contributed by atoms with van der Waals surface area (Å²) in [4.78, 5) is 8.04. The van der Waals surface area contributed by atoms with E-state index in [4.69, 9.17) is 0 Å². The van der Waals surface area contributed by atoms with Crippen molar-refractivity contribution in [1.29, 1.82) is 0 Å². The van der Waals surface area contributed by atoms with Crippen LogP contribution in [0.4, 0.5) is 5.13 Å². The van der Waals surface area contributed by atoms with Gasteiger partial charge in [-0.25, -0.2) is 10.4 Å². The van der Waals surface area contributed by atoms with Gasteiger partial charge in [0.1, 0.15) is 0 Å². The second kappa shape index (κ2) is 6.72. The summed E-state index contributed by atoms with van der Waals surface area (Å²) in [7, 11) is 0. The van der Waals surface area contributed by atoms with Crippen molar-refractivity contribution in [2.24, 2.45) is 0 Å². The highest BCUT2D eigenvalue weighted by atomic mass is 32.1. The molecule has 21 heavy (non-hydrogen) atoms. The molecule has 1 aliphatic heterocycles. The lowest BCUT2D eigenvalue weighted by Gasteiger charge is -2.01. The number of amidine groups is 1. The van der Waals surface area contributed by atoms with Crippen LogP contribution < -0.4 is 15.8 Å². The summed E-state index contributed by atoms with van der Waals surface area (Å²) < 4.78 is 0. The van der Waals surface area contributed by atoms with Crippen molar-refractivity contribution in [1.82, 2.24) is 10.4 Å². The van der Waals surface area contributed by atoms with E-state index in [9.17, 15) is 0 Å². The average Bonchev–Trinajstić information content (AvgIpc) is 2.81. The Bertz CT molecular complexity index is 615. The number of hydrazine groups is 1. The van der Waals surface area contributed by atoms with Crippen molar-refractivity contribution in [3.05, 3.63) is 35.2 Å². The Morgan fingerprint density at radius 2 is 1.95 bits per heavy atom. The molecule has 0 unspecified atom stereocenters. The lowest BCUT2D eigenvalue weighted by molar-refractivity contribution is -0.459. The van der Waals surface area contributed by atoms with E-state index in [-0.39, 0.29) is 0 Å². The van der Waals surface area contributed by atoms with Crippen molar-refractivity contribution < 1.29 is 4.99 Å². The van der Waals surface area contributed by atoms with E-state index in [1.54, 1.807) is 11.3 Å². The molecule has 4 nitrogen and oxygen atoms in total. The van der Waals surface area contributed by atoms with E-state index in [0.717, 1.165) is 29.4 Å². The van der Waals surface area contributed by atoms with E-state index >= 15 is 0 Å². The van der Waals surface area contributed by atoms with E-state index in [0.29, 0.717) is 0 Å². The smallest absolute Gasteiger partial charge is 0.265 e. The quantitative estimate of drug-likeness (QED) is 0.761. The number of aryl methyl sites for hydroxylation is 1. The van der Waals surface area contributed by atoms with Crippen LogP contribution in [-0.4, -0.2) is 17.4 Å². The lowest BCUT2D eigenvalue weighted by Crippen LogP contribution is -2.76. The van der Waals surface area contributed by atoms with Crippen LogP contribution in [0.15, 0.2) is 29.6 Å². The van der Waals surface area contributed by atoms with Gasteiger partial charge in [-0.15, -0.1) is 11.3 Å². The standard InChI is InChI=1S/C16H20N4S/c1-12-6-8-13(9-7-12)14-11-21-16(18-14)20-19-15-5-3-2-4-10-17-15/h6-9,11H,2-5,10H2,1H3,(H,17,19)(H,18,20)/p+1. The third-order valence-electron chi connectivity index (χ3n) is 3.61. The molecule has 0 amide bonds. The molecule has 1 aromatic carbocycles. The highest BCUT2D eigenvalue weighted by molar-refractivity contribution is 7.14. The maximum absolute atomic E-state index is 4.62. The molecule has 2 aromatic rings. The molecule has 3 rings (SSSR count). The van der Waals surface area contributed by atoms with Gasteiger partial charge in [0.2, 0.25) is 5.13 Å². The van der Waals surface area contributed by atoms with Gasteiger partial charge < -0.3 is 0 Å². The third kappa shape index (κ3) is 3.82. The van der Waals surface area contributed by atoms with Crippen molar-refractivity contribution in [2.45, 2.75) is 32.6 Å². The molecular weight excluding hydrogens is 280 g/mol. The Balaban J connectivity index is 1.62. The van der Waals surface area contributed by atoms with Crippen LogP contribution in [0, 0.1) is 6.92 Å². The highest BCUT2D eigenvalue weighted by Crippen LogP contribution is 2.24. The number of nitrogens with one attached hydrogen (secondary N) is 3. The molecule has 0 bridgehead atoms. The summed E-state index contributed by atoms with van der Waals surface area (Å²) in [5.41, 5.74) is 9.90. The Hall–Kier alpha value is -1.88. The summed E-state index contributed by atoms with van der Waals surface area (Å²) in [6, 6.07) is 8.46. The topological polar surface area (TPSA) is 50.9 Å². The van der Waals surface area contributed by atoms with Gasteiger partial charge in [0.25, 0.3) is 5.84 Å². The van der Waals surface area contributed by atoms with Crippen LogP contribution >= 0.6 is 11.3 Å². The fourth-order valence-corrected chi connectivity index (χ4v) is 3.03. The zero-order chi connectivity index (χ0) is 14.5. The number of hydrogen-bond donors (Lipinski definition) is 3. The number of nitrogens with zero attached hydrogens (tertiary/aromatic N) is 1. The molecule has 0 spiro atoms. The summed E-state index contributed by atoms with van der Waals surface area (Å²) in [6.07, 6.45) is 4.86. The van der Waals surface area contributed by atoms with Crippen molar-refractivity contribution in [3.8, 4) is 11.3 Å². The zero-order valence-corrected chi connectivity index (χ0v) is 13.1. The highest BCUT2D eigenvalue weighted by Gasteiger charge is 2.11. The number of thiazole rings is 1. The first-order valence-corrected chi connectivity index (χ1v) is 8.33. The fourth-order valence-electron chi connectivity index (χ4n) is 2.35. The van der Waals surface area contributed by atoms with Gasteiger partial charge in [-0.2, -0.15) is 5.43 Å². The molecule has 0 fully saturated rings. The van der Waals surface area contributed by atoms with Crippen LogP contribution in [0.2, 0.25) is 0 Å². The number of anilines is 1. The average molecular weight is 301 g/mol. The van der Waals surface area contributed by atoms with Gasteiger partial charge in [-0.1, -0.05) is 29.8 Å². The largest absolute Gasteiger partial charge is 0.277 e. The Morgan fingerprint density at radius 1 is 1.10 bits per heavy atom. The predicted octanol–water partition coefficient (Wildman–Crippen LogP) is 2.09. The van der Waals surface area contributed by atoms with Crippen molar-refractivity contribution in [3.63, 3.8) is 0 Å². The second-order valence-corrected chi connectivity index (χ2v) is 6.23. The first-order chi connectivity index (χ1) is 10.3. The van der Waals surface area contributed by atoms with Gasteiger partial charge in [0, 0.05) is 10.9 Å². The molecule has 0 aliphatic carbocycles. The zero-order valence-electron chi connectivity index (χ0n) is 12.3. The maximum Gasteiger partial charge on any atom is 0.265 e. The molecule has 2 heterocycles. The predicted molar refractivity (Wildman–Crippen MR) is 88.4 cm³/mol. The van der Waals surface area contributed by atoms with Crippen molar-refractivity contribution in [2.75, 3.05) is 12.0 Å². The molecule has 5 heteroatoms. The first kappa shape index (κ1) is 14.1.